The zero-order valence-corrected chi connectivity index (χ0v) is 11.2. The number of ether oxygens (including phenoxy) is 2. The summed E-state index contributed by atoms with van der Waals surface area (Å²) in [5.41, 5.74) is 0.724. The van der Waals surface area contributed by atoms with Gasteiger partial charge in [0.05, 0.1) is 20.1 Å². The summed E-state index contributed by atoms with van der Waals surface area (Å²) in [4.78, 5) is 15.6. The Bertz CT molecular complexity index is 558. The van der Waals surface area contributed by atoms with Gasteiger partial charge in [-0.3, -0.25) is 9.78 Å². The topological polar surface area (TPSA) is 60.5 Å². The molecule has 2 rings (SSSR count). The van der Waals surface area contributed by atoms with E-state index in [1.54, 1.807) is 37.7 Å². The van der Waals surface area contributed by atoms with Gasteiger partial charge in [0.1, 0.15) is 0 Å². The molecule has 1 N–H and O–H groups in total. The Balaban J connectivity index is 1.79. The van der Waals surface area contributed by atoms with Gasteiger partial charge >= 0.3 is 0 Å². The summed E-state index contributed by atoms with van der Waals surface area (Å²) in [6, 6.07) is 10.8. The molecule has 0 aliphatic rings. The van der Waals surface area contributed by atoms with Crippen molar-refractivity contribution in [3.63, 3.8) is 0 Å². The molecule has 0 saturated heterocycles. The first-order chi connectivity index (χ1) is 9.79. The van der Waals surface area contributed by atoms with E-state index in [0.29, 0.717) is 11.5 Å². The first kappa shape index (κ1) is 13.9. The van der Waals surface area contributed by atoms with Gasteiger partial charge in [-0.25, -0.2) is 0 Å². The lowest BCUT2D eigenvalue weighted by Gasteiger charge is -2.10. The lowest BCUT2D eigenvalue weighted by molar-refractivity contribution is -0.116. The normalized spacial score (nSPS) is 9.85. The lowest BCUT2D eigenvalue weighted by atomic mass is 10.3. The number of benzene rings is 1. The molecule has 1 amide bonds. The molecule has 104 valence electrons. The fourth-order valence-corrected chi connectivity index (χ4v) is 1.65. The molecular weight excluding hydrogens is 256 g/mol. The van der Waals surface area contributed by atoms with Crippen LogP contribution in [0.15, 0.2) is 48.8 Å². The van der Waals surface area contributed by atoms with E-state index in [0.717, 1.165) is 5.69 Å². The van der Waals surface area contributed by atoms with Gasteiger partial charge in [0.2, 0.25) is 5.91 Å². The molecular formula is C15H16N2O3. The summed E-state index contributed by atoms with van der Waals surface area (Å²) in [6.45, 7) is 0.289. The van der Waals surface area contributed by atoms with Crippen molar-refractivity contribution in [2.24, 2.45) is 0 Å². The van der Waals surface area contributed by atoms with E-state index < -0.39 is 0 Å². The maximum Gasteiger partial charge on any atom is 0.227 e. The third-order valence-electron chi connectivity index (χ3n) is 2.62. The number of carbonyl (C=O) groups excluding carboxylic acids is 1. The first-order valence-electron chi connectivity index (χ1n) is 6.25. The smallest absolute Gasteiger partial charge is 0.227 e. The number of anilines is 1. The van der Waals surface area contributed by atoms with Gasteiger partial charge in [0.25, 0.3) is 0 Å². The number of amides is 1. The van der Waals surface area contributed by atoms with Crippen molar-refractivity contribution in [3.05, 3.63) is 48.8 Å². The van der Waals surface area contributed by atoms with E-state index in [4.69, 9.17) is 9.47 Å². The molecule has 20 heavy (non-hydrogen) atoms. The second-order valence-corrected chi connectivity index (χ2v) is 4.03. The number of methoxy groups -OCH3 is 1. The molecule has 0 saturated carbocycles. The fourth-order valence-electron chi connectivity index (χ4n) is 1.65. The predicted molar refractivity (Wildman–Crippen MR) is 76.0 cm³/mol. The van der Waals surface area contributed by atoms with Crippen molar-refractivity contribution < 1.29 is 14.3 Å². The summed E-state index contributed by atoms with van der Waals surface area (Å²) in [7, 11) is 1.58. The quantitative estimate of drug-likeness (QED) is 0.877. The SMILES string of the molecule is COc1ccccc1OCCC(=O)Nc1ccncc1. The number of rotatable bonds is 6. The molecule has 0 unspecified atom stereocenters. The standard InChI is InChI=1S/C15H16N2O3/c1-19-13-4-2-3-5-14(13)20-11-8-15(18)17-12-6-9-16-10-7-12/h2-7,9-10H,8,11H2,1H3,(H,16,17,18). The zero-order valence-electron chi connectivity index (χ0n) is 11.2. The number of pyridine rings is 1. The average Bonchev–Trinajstić information content (AvgIpc) is 2.49. The van der Waals surface area contributed by atoms with Crippen molar-refractivity contribution in [3.8, 4) is 11.5 Å². The van der Waals surface area contributed by atoms with E-state index in [1.165, 1.54) is 0 Å². The van der Waals surface area contributed by atoms with Crippen LogP contribution < -0.4 is 14.8 Å². The molecule has 0 bridgehead atoms. The summed E-state index contributed by atoms with van der Waals surface area (Å²) >= 11 is 0. The Kier molecular flexibility index (Phi) is 4.94. The number of nitrogens with zero attached hydrogens (tertiary/aromatic N) is 1. The van der Waals surface area contributed by atoms with Crippen LogP contribution in [0.4, 0.5) is 5.69 Å². The maximum absolute atomic E-state index is 11.7. The van der Waals surface area contributed by atoms with Crippen molar-refractivity contribution in [1.82, 2.24) is 4.98 Å². The van der Waals surface area contributed by atoms with Crippen LogP contribution in [0.2, 0.25) is 0 Å². The molecule has 0 aliphatic heterocycles. The first-order valence-corrected chi connectivity index (χ1v) is 6.25. The molecule has 5 nitrogen and oxygen atoms in total. The number of para-hydroxylation sites is 2. The van der Waals surface area contributed by atoms with Crippen LogP contribution in [-0.4, -0.2) is 24.6 Å². The monoisotopic (exact) mass is 272 g/mol. The largest absolute Gasteiger partial charge is 0.493 e. The number of aromatic nitrogens is 1. The molecule has 0 atom stereocenters. The summed E-state index contributed by atoms with van der Waals surface area (Å²) in [5.74, 6) is 1.18. The summed E-state index contributed by atoms with van der Waals surface area (Å²) in [6.07, 6.45) is 3.52. The number of hydrogen-bond acceptors (Lipinski definition) is 4. The van der Waals surface area contributed by atoms with E-state index in [1.807, 2.05) is 18.2 Å². The molecule has 0 spiro atoms. The van der Waals surface area contributed by atoms with Gasteiger partial charge in [-0.15, -0.1) is 0 Å². The number of carbonyl (C=O) groups is 1. The minimum atomic E-state index is -0.105. The van der Waals surface area contributed by atoms with E-state index in [9.17, 15) is 4.79 Å². The van der Waals surface area contributed by atoms with Crippen LogP contribution in [-0.2, 0) is 4.79 Å². The second kappa shape index (κ2) is 7.13. The molecule has 2 aromatic rings. The van der Waals surface area contributed by atoms with Crippen LogP contribution in [0.3, 0.4) is 0 Å². The van der Waals surface area contributed by atoms with Gasteiger partial charge in [0.15, 0.2) is 11.5 Å². The predicted octanol–water partition coefficient (Wildman–Crippen LogP) is 2.50. The molecule has 1 aromatic heterocycles. The molecule has 1 heterocycles. The van der Waals surface area contributed by atoms with E-state index in [-0.39, 0.29) is 18.9 Å². The van der Waals surface area contributed by atoms with Crippen molar-refractivity contribution in [2.75, 3.05) is 19.0 Å². The highest BCUT2D eigenvalue weighted by Crippen LogP contribution is 2.25. The van der Waals surface area contributed by atoms with Crippen molar-refractivity contribution >= 4 is 11.6 Å². The Labute approximate surface area is 117 Å². The number of nitrogens with one attached hydrogen (secondary N) is 1. The maximum atomic E-state index is 11.7. The van der Waals surface area contributed by atoms with Gasteiger partial charge in [-0.2, -0.15) is 0 Å². The second-order valence-electron chi connectivity index (χ2n) is 4.03. The van der Waals surface area contributed by atoms with Gasteiger partial charge < -0.3 is 14.8 Å². The van der Waals surface area contributed by atoms with Gasteiger partial charge in [0, 0.05) is 18.1 Å². The zero-order chi connectivity index (χ0) is 14.2. The fraction of sp³-hybridized carbons (Fsp3) is 0.200. The summed E-state index contributed by atoms with van der Waals surface area (Å²) < 4.78 is 10.7. The lowest BCUT2D eigenvalue weighted by Crippen LogP contribution is -2.15. The molecule has 0 fully saturated rings. The van der Waals surface area contributed by atoms with Crippen molar-refractivity contribution in [2.45, 2.75) is 6.42 Å². The van der Waals surface area contributed by atoms with Crippen LogP contribution in [0.5, 0.6) is 11.5 Å². The van der Waals surface area contributed by atoms with Gasteiger partial charge in [-0.1, -0.05) is 12.1 Å². The molecule has 0 radical (unpaired) electrons. The Morgan fingerprint density at radius 2 is 1.85 bits per heavy atom. The average molecular weight is 272 g/mol. The third-order valence-corrected chi connectivity index (χ3v) is 2.62. The minimum absolute atomic E-state index is 0.105. The van der Waals surface area contributed by atoms with Gasteiger partial charge in [-0.05, 0) is 24.3 Å². The highest BCUT2D eigenvalue weighted by molar-refractivity contribution is 5.90. The minimum Gasteiger partial charge on any atom is -0.493 e. The number of hydrogen-bond donors (Lipinski definition) is 1. The van der Waals surface area contributed by atoms with Crippen LogP contribution in [0.1, 0.15) is 6.42 Å². The highest BCUT2D eigenvalue weighted by Gasteiger charge is 2.05. The van der Waals surface area contributed by atoms with Crippen LogP contribution in [0.25, 0.3) is 0 Å². The molecule has 1 aromatic carbocycles. The Morgan fingerprint density at radius 1 is 1.15 bits per heavy atom. The van der Waals surface area contributed by atoms with Crippen LogP contribution in [0, 0.1) is 0 Å². The highest BCUT2D eigenvalue weighted by atomic mass is 16.5. The summed E-state index contributed by atoms with van der Waals surface area (Å²) in [5, 5.41) is 2.77. The van der Waals surface area contributed by atoms with E-state index >= 15 is 0 Å². The van der Waals surface area contributed by atoms with Crippen LogP contribution >= 0.6 is 0 Å². The molecule has 5 heteroatoms. The Hall–Kier alpha value is -2.56. The van der Waals surface area contributed by atoms with E-state index in [2.05, 4.69) is 10.3 Å². The third kappa shape index (κ3) is 3.98. The Morgan fingerprint density at radius 3 is 2.55 bits per heavy atom. The molecule has 0 aliphatic carbocycles. The van der Waals surface area contributed by atoms with Crippen molar-refractivity contribution in [1.29, 1.82) is 0 Å².